The Hall–Kier alpha value is -1.10. The molecule has 1 heterocycles. The van der Waals surface area contributed by atoms with Crippen LogP contribution in [0.1, 0.15) is 64.2 Å². The third-order valence-corrected chi connectivity index (χ3v) is 7.80. The van der Waals surface area contributed by atoms with Gasteiger partial charge in [-0.05, 0) is 81.5 Å². The van der Waals surface area contributed by atoms with Crippen molar-refractivity contribution < 1.29 is 14.3 Å². The van der Waals surface area contributed by atoms with E-state index in [1.54, 1.807) is 7.11 Å². The highest BCUT2D eigenvalue weighted by atomic mass is 16.5. The molecule has 1 N–H and O–H groups in total. The molecule has 0 aromatic heterocycles. The van der Waals surface area contributed by atoms with Crippen molar-refractivity contribution >= 4 is 11.8 Å². The number of hydrogen-bond acceptors (Lipinski definition) is 3. The highest BCUT2D eigenvalue weighted by Crippen LogP contribution is 2.60. The van der Waals surface area contributed by atoms with E-state index in [1.807, 2.05) is 0 Å². The molecule has 4 aliphatic carbocycles. The highest BCUT2D eigenvalue weighted by molar-refractivity contribution is 5.83. The lowest BCUT2D eigenvalue weighted by Crippen LogP contribution is -2.55. The topological polar surface area (TPSA) is 58.6 Å². The average molecular weight is 377 g/mol. The first-order chi connectivity index (χ1) is 13.1. The van der Waals surface area contributed by atoms with Crippen molar-refractivity contribution in [3.8, 4) is 0 Å². The third kappa shape index (κ3) is 4.18. The minimum absolute atomic E-state index is 0.00280. The van der Waals surface area contributed by atoms with E-state index >= 15 is 0 Å². The third-order valence-electron chi connectivity index (χ3n) is 7.80. The lowest BCUT2D eigenvalue weighted by atomic mass is 9.49. The molecule has 5 heteroatoms. The number of carbonyl (C=O) groups excluding carboxylic acids is 2. The fourth-order valence-corrected chi connectivity index (χ4v) is 6.85. The number of rotatable bonds is 7. The van der Waals surface area contributed by atoms with E-state index in [-0.39, 0.29) is 11.3 Å². The van der Waals surface area contributed by atoms with E-state index in [9.17, 15) is 9.59 Å². The number of nitrogens with zero attached hydrogens (tertiary/aromatic N) is 1. The molecule has 0 aromatic carbocycles. The van der Waals surface area contributed by atoms with Gasteiger partial charge in [-0.3, -0.25) is 9.59 Å². The lowest BCUT2D eigenvalue weighted by Gasteiger charge is -2.57. The van der Waals surface area contributed by atoms with Crippen molar-refractivity contribution in [3.63, 3.8) is 0 Å². The first-order valence-corrected chi connectivity index (χ1v) is 11.1. The van der Waals surface area contributed by atoms with E-state index in [0.717, 1.165) is 50.1 Å². The van der Waals surface area contributed by atoms with Gasteiger partial charge in [-0.25, -0.2) is 0 Å². The largest absolute Gasteiger partial charge is 0.383 e. The zero-order chi connectivity index (χ0) is 18.9. The highest BCUT2D eigenvalue weighted by Gasteiger charge is 2.55. The normalized spacial score (nSPS) is 35.4. The zero-order valence-electron chi connectivity index (χ0n) is 16.9. The summed E-state index contributed by atoms with van der Waals surface area (Å²) in [7, 11) is 1.64. The second-order valence-electron chi connectivity index (χ2n) is 9.81. The minimum Gasteiger partial charge on any atom is -0.383 e. The van der Waals surface area contributed by atoms with Gasteiger partial charge in [-0.2, -0.15) is 0 Å². The Balaban J connectivity index is 1.23. The monoisotopic (exact) mass is 376 g/mol. The van der Waals surface area contributed by atoms with Crippen LogP contribution in [0.3, 0.4) is 0 Å². The summed E-state index contributed by atoms with van der Waals surface area (Å²) >= 11 is 0. The molecule has 0 spiro atoms. The summed E-state index contributed by atoms with van der Waals surface area (Å²) in [5.74, 6) is 3.67. The van der Waals surface area contributed by atoms with E-state index in [1.165, 1.54) is 38.5 Å². The van der Waals surface area contributed by atoms with Gasteiger partial charge in [0, 0.05) is 33.2 Å². The van der Waals surface area contributed by atoms with Gasteiger partial charge in [0.05, 0.1) is 12.0 Å². The maximum atomic E-state index is 13.4. The first-order valence-electron chi connectivity index (χ1n) is 11.1. The number of nitrogens with one attached hydrogen (secondary N) is 1. The van der Waals surface area contributed by atoms with E-state index in [0.29, 0.717) is 31.4 Å². The van der Waals surface area contributed by atoms with Gasteiger partial charge in [0.2, 0.25) is 11.8 Å². The number of likely N-dealkylation sites (tertiary alicyclic amines) is 1. The zero-order valence-corrected chi connectivity index (χ0v) is 16.9. The summed E-state index contributed by atoms with van der Waals surface area (Å²) in [5, 5.41) is 2.90. The summed E-state index contributed by atoms with van der Waals surface area (Å²) in [6.07, 6.45) is 11.3. The van der Waals surface area contributed by atoms with Crippen LogP contribution < -0.4 is 5.32 Å². The van der Waals surface area contributed by atoms with Gasteiger partial charge in [-0.15, -0.1) is 0 Å². The van der Waals surface area contributed by atoms with Crippen molar-refractivity contribution in [1.29, 1.82) is 0 Å². The first kappa shape index (κ1) is 19.2. The van der Waals surface area contributed by atoms with Gasteiger partial charge in [0.25, 0.3) is 0 Å². The fourth-order valence-electron chi connectivity index (χ4n) is 6.85. The number of piperidine rings is 1. The fraction of sp³-hybridized carbons (Fsp3) is 0.909. The molecule has 5 aliphatic rings. The molecule has 0 radical (unpaired) electrons. The number of amides is 2. The van der Waals surface area contributed by atoms with Crippen LogP contribution in [0.2, 0.25) is 0 Å². The molecule has 5 rings (SSSR count). The predicted octanol–water partition coefficient (Wildman–Crippen LogP) is 2.98. The molecule has 1 saturated heterocycles. The van der Waals surface area contributed by atoms with Crippen LogP contribution in [0.4, 0.5) is 0 Å². The molecule has 27 heavy (non-hydrogen) atoms. The van der Waals surface area contributed by atoms with Crippen molar-refractivity contribution in [2.45, 2.75) is 64.2 Å². The van der Waals surface area contributed by atoms with Crippen molar-refractivity contribution in [2.24, 2.45) is 29.1 Å². The molecule has 0 atom stereocenters. The van der Waals surface area contributed by atoms with E-state index < -0.39 is 0 Å². The Morgan fingerprint density at radius 3 is 2.19 bits per heavy atom. The number of hydrogen-bond donors (Lipinski definition) is 1. The SMILES string of the molecule is COCCNC(=O)CCC1CCN(C(=O)C23CC4CC(CC(C4)C2)C3)CC1. The number of ether oxygens (including phenoxy) is 1. The Morgan fingerprint density at radius 2 is 1.63 bits per heavy atom. The Labute approximate surface area is 163 Å². The molecule has 152 valence electrons. The summed E-state index contributed by atoms with van der Waals surface area (Å²) in [6, 6.07) is 0. The Morgan fingerprint density at radius 1 is 1.04 bits per heavy atom. The quantitative estimate of drug-likeness (QED) is 0.695. The molecule has 2 amide bonds. The maximum Gasteiger partial charge on any atom is 0.228 e. The average Bonchev–Trinajstić information content (AvgIpc) is 2.65. The summed E-state index contributed by atoms with van der Waals surface area (Å²) in [4.78, 5) is 27.5. The van der Waals surface area contributed by atoms with Crippen LogP contribution in [0, 0.1) is 29.1 Å². The van der Waals surface area contributed by atoms with Gasteiger partial charge >= 0.3 is 0 Å². The lowest BCUT2D eigenvalue weighted by molar-refractivity contribution is -0.159. The Bertz CT molecular complexity index is 518. The van der Waals surface area contributed by atoms with Crippen LogP contribution in [0.25, 0.3) is 0 Å². The van der Waals surface area contributed by atoms with E-state index in [4.69, 9.17) is 4.74 Å². The van der Waals surface area contributed by atoms with Crippen molar-refractivity contribution in [1.82, 2.24) is 10.2 Å². The van der Waals surface area contributed by atoms with Gasteiger partial charge < -0.3 is 15.0 Å². The van der Waals surface area contributed by atoms with Crippen LogP contribution >= 0.6 is 0 Å². The summed E-state index contributed by atoms with van der Waals surface area (Å²) < 4.78 is 4.96. The van der Waals surface area contributed by atoms with Crippen LogP contribution in [-0.2, 0) is 14.3 Å². The van der Waals surface area contributed by atoms with Gasteiger partial charge in [0.1, 0.15) is 0 Å². The second kappa shape index (κ2) is 8.10. The Kier molecular flexibility index (Phi) is 5.77. The van der Waals surface area contributed by atoms with Gasteiger partial charge in [-0.1, -0.05) is 0 Å². The maximum absolute atomic E-state index is 13.4. The standard InChI is InChI=1S/C22H36N2O3/c1-27-9-6-23-20(25)3-2-16-4-7-24(8-5-16)21(26)22-13-17-10-18(14-22)12-19(11-17)15-22/h16-19H,2-15H2,1H3,(H,23,25). The molecule has 4 saturated carbocycles. The molecule has 1 aliphatic heterocycles. The molecular formula is C22H36N2O3. The number of methoxy groups -OCH3 is 1. The molecule has 4 bridgehead atoms. The van der Waals surface area contributed by atoms with Crippen LogP contribution in [0.15, 0.2) is 0 Å². The van der Waals surface area contributed by atoms with Gasteiger partial charge in [0.15, 0.2) is 0 Å². The van der Waals surface area contributed by atoms with Crippen molar-refractivity contribution in [2.75, 3.05) is 33.4 Å². The summed E-state index contributed by atoms with van der Waals surface area (Å²) in [6.45, 7) is 2.96. The molecule has 0 unspecified atom stereocenters. The van der Waals surface area contributed by atoms with Crippen LogP contribution in [-0.4, -0.2) is 50.1 Å². The molecule has 0 aromatic rings. The molecular weight excluding hydrogens is 340 g/mol. The predicted molar refractivity (Wildman–Crippen MR) is 104 cm³/mol. The second-order valence-corrected chi connectivity index (χ2v) is 9.81. The number of carbonyl (C=O) groups is 2. The summed E-state index contributed by atoms with van der Waals surface area (Å²) in [5.41, 5.74) is 0.00280. The molecule has 5 nitrogen and oxygen atoms in total. The van der Waals surface area contributed by atoms with E-state index in [2.05, 4.69) is 10.2 Å². The van der Waals surface area contributed by atoms with Crippen LogP contribution in [0.5, 0.6) is 0 Å². The van der Waals surface area contributed by atoms with Crippen molar-refractivity contribution in [3.05, 3.63) is 0 Å². The minimum atomic E-state index is 0.00280. The smallest absolute Gasteiger partial charge is 0.228 e. The molecule has 5 fully saturated rings.